The maximum Gasteiger partial charge on any atom is 0.308 e. The van der Waals surface area contributed by atoms with Crippen molar-refractivity contribution in [2.75, 3.05) is 18.6 Å². The molecule has 4 nitrogen and oxygen atoms in total. The predicted octanol–water partition coefficient (Wildman–Crippen LogP) is 3.79. The molecule has 1 aromatic carbocycles. The second-order valence-electron chi connectivity index (χ2n) is 6.53. The van der Waals surface area contributed by atoms with Crippen molar-refractivity contribution < 1.29 is 27.5 Å². The van der Waals surface area contributed by atoms with Crippen molar-refractivity contribution in [3.63, 3.8) is 0 Å². The Labute approximate surface area is 144 Å². The van der Waals surface area contributed by atoms with Crippen LogP contribution < -0.4 is 4.90 Å². The van der Waals surface area contributed by atoms with Crippen LogP contribution in [0, 0.1) is 17.7 Å². The topological polar surface area (TPSA) is 46.6 Å². The van der Waals surface area contributed by atoms with Gasteiger partial charge in [0.15, 0.2) is 0 Å². The number of carbonyl (C=O) groups is 2. The maximum atomic E-state index is 13.9. The number of ether oxygens (including phenoxy) is 1. The lowest BCUT2D eigenvalue weighted by molar-refractivity contribution is -0.155. The summed E-state index contributed by atoms with van der Waals surface area (Å²) in [6.07, 6.45) is -0.220. The zero-order valence-electron chi connectivity index (χ0n) is 14.3. The van der Waals surface area contributed by atoms with E-state index < -0.39 is 36.0 Å². The molecule has 1 amide bonds. The molecular formula is C18H22F3NO3. The van der Waals surface area contributed by atoms with Crippen LogP contribution in [0.15, 0.2) is 24.3 Å². The highest BCUT2D eigenvalue weighted by Crippen LogP contribution is 2.42. The van der Waals surface area contributed by atoms with E-state index in [9.17, 15) is 22.8 Å². The van der Waals surface area contributed by atoms with Gasteiger partial charge in [-0.25, -0.2) is 13.2 Å². The third-order valence-electron chi connectivity index (χ3n) is 4.55. The minimum atomic E-state index is -2.93. The third-order valence-corrected chi connectivity index (χ3v) is 4.55. The number of benzene rings is 1. The molecule has 0 heterocycles. The van der Waals surface area contributed by atoms with Crippen molar-refractivity contribution in [1.82, 2.24) is 0 Å². The molecule has 1 saturated carbocycles. The van der Waals surface area contributed by atoms with Crippen LogP contribution in [-0.4, -0.2) is 31.5 Å². The number of methoxy groups -OCH3 is 1. The average molecular weight is 357 g/mol. The lowest BCUT2D eigenvalue weighted by atomic mass is 9.77. The van der Waals surface area contributed by atoms with Crippen LogP contribution in [0.4, 0.5) is 18.9 Å². The van der Waals surface area contributed by atoms with Gasteiger partial charge in [-0.3, -0.25) is 9.59 Å². The number of halogens is 3. The molecule has 1 aliphatic carbocycles. The van der Waals surface area contributed by atoms with E-state index in [4.69, 9.17) is 0 Å². The van der Waals surface area contributed by atoms with Crippen LogP contribution in [0.3, 0.4) is 0 Å². The largest absolute Gasteiger partial charge is 0.469 e. The Hall–Kier alpha value is -2.05. The summed E-state index contributed by atoms with van der Waals surface area (Å²) in [7, 11) is 1.19. The quantitative estimate of drug-likeness (QED) is 0.753. The van der Waals surface area contributed by atoms with Crippen molar-refractivity contribution >= 4 is 17.6 Å². The molecule has 0 N–H and O–H groups in total. The molecule has 0 bridgehead atoms. The van der Waals surface area contributed by atoms with Gasteiger partial charge in [0, 0.05) is 32.0 Å². The van der Waals surface area contributed by atoms with E-state index in [0.29, 0.717) is 18.5 Å². The number of alkyl halides is 2. The summed E-state index contributed by atoms with van der Waals surface area (Å²) >= 11 is 0. The zero-order chi connectivity index (χ0) is 18.6. The maximum absolute atomic E-state index is 13.9. The molecule has 0 spiro atoms. The Morgan fingerprint density at radius 1 is 1.32 bits per heavy atom. The van der Waals surface area contributed by atoms with Gasteiger partial charge in [-0.05, 0) is 37.0 Å². The van der Waals surface area contributed by atoms with E-state index in [2.05, 4.69) is 4.74 Å². The zero-order valence-corrected chi connectivity index (χ0v) is 14.3. The van der Waals surface area contributed by atoms with E-state index in [1.165, 1.54) is 37.1 Å². The van der Waals surface area contributed by atoms with Gasteiger partial charge < -0.3 is 9.64 Å². The molecule has 1 fully saturated rings. The molecule has 2 unspecified atom stereocenters. The van der Waals surface area contributed by atoms with E-state index in [0.717, 1.165) is 0 Å². The molecule has 1 aromatic rings. The van der Waals surface area contributed by atoms with Gasteiger partial charge in [-0.2, -0.15) is 0 Å². The number of hydrogen-bond acceptors (Lipinski definition) is 3. The van der Waals surface area contributed by atoms with E-state index >= 15 is 0 Å². The van der Waals surface area contributed by atoms with Crippen LogP contribution in [0.1, 0.15) is 32.6 Å². The Balaban J connectivity index is 2.06. The van der Waals surface area contributed by atoms with Crippen molar-refractivity contribution in [2.24, 2.45) is 11.8 Å². The summed E-state index contributed by atoms with van der Waals surface area (Å²) in [5.74, 6) is -5.57. The molecule has 7 heteroatoms. The Morgan fingerprint density at radius 2 is 2.04 bits per heavy atom. The summed E-state index contributed by atoms with van der Waals surface area (Å²) in [6, 6.07) is 5.58. The molecule has 0 aliphatic heterocycles. The van der Waals surface area contributed by atoms with Crippen LogP contribution in [0.25, 0.3) is 0 Å². The lowest BCUT2D eigenvalue weighted by Crippen LogP contribution is -2.38. The molecule has 0 radical (unpaired) electrons. The van der Waals surface area contributed by atoms with Gasteiger partial charge in [0.1, 0.15) is 5.82 Å². The standard InChI is InChI=1S/C18H22F3NO3/c1-12(23)22(16-5-3-4-15(19)9-16)7-6-13-8-14(17(24)25-2)11-18(20,21)10-13/h3-5,9,13-14H,6-8,10-11H2,1-2H3. The summed E-state index contributed by atoms with van der Waals surface area (Å²) < 4.78 is 45.8. The predicted molar refractivity (Wildman–Crippen MR) is 86.8 cm³/mol. The van der Waals surface area contributed by atoms with E-state index in [1.807, 2.05) is 0 Å². The van der Waals surface area contributed by atoms with Gasteiger partial charge in [-0.15, -0.1) is 0 Å². The first-order valence-electron chi connectivity index (χ1n) is 8.21. The highest BCUT2D eigenvalue weighted by atomic mass is 19.3. The minimum Gasteiger partial charge on any atom is -0.469 e. The summed E-state index contributed by atoms with van der Waals surface area (Å²) in [4.78, 5) is 24.9. The first kappa shape index (κ1) is 19.3. The Kier molecular flexibility index (Phi) is 6.08. The van der Waals surface area contributed by atoms with Gasteiger partial charge >= 0.3 is 5.97 Å². The van der Waals surface area contributed by atoms with Crippen molar-refractivity contribution in [3.05, 3.63) is 30.1 Å². The molecule has 0 aromatic heterocycles. The average Bonchev–Trinajstić information content (AvgIpc) is 2.52. The fourth-order valence-electron chi connectivity index (χ4n) is 3.43. The van der Waals surface area contributed by atoms with E-state index in [-0.39, 0.29) is 18.9 Å². The third kappa shape index (κ3) is 5.21. The Morgan fingerprint density at radius 3 is 2.64 bits per heavy atom. The number of hydrogen-bond donors (Lipinski definition) is 0. The highest BCUT2D eigenvalue weighted by molar-refractivity contribution is 5.91. The highest BCUT2D eigenvalue weighted by Gasteiger charge is 2.44. The van der Waals surface area contributed by atoms with Gasteiger partial charge in [0.25, 0.3) is 0 Å². The van der Waals surface area contributed by atoms with Crippen molar-refractivity contribution in [3.8, 4) is 0 Å². The smallest absolute Gasteiger partial charge is 0.308 e. The minimum absolute atomic E-state index is 0.188. The summed E-state index contributed by atoms with van der Waals surface area (Å²) in [5, 5.41) is 0. The number of carbonyl (C=O) groups excluding carboxylic acids is 2. The molecule has 0 saturated heterocycles. The van der Waals surface area contributed by atoms with Crippen LogP contribution >= 0.6 is 0 Å². The second kappa shape index (κ2) is 7.89. The van der Waals surface area contributed by atoms with Gasteiger partial charge in [0.2, 0.25) is 11.8 Å². The molecular weight excluding hydrogens is 335 g/mol. The molecule has 2 atom stereocenters. The summed E-state index contributed by atoms with van der Waals surface area (Å²) in [6.45, 7) is 1.53. The van der Waals surface area contributed by atoms with Crippen LogP contribution in [0.5, 0.6) is 0 Å². The molecule has 138 valence electrons. The number of nitrogens with zero attached hydrogens (tertiary/aromatic N) is 1. The normalized spacial score (nSPS) is 22.3. The molecule has 1 aliphatic rings. The molecule has 2 rings (SSSR count). The first-order valence-corrected chi connectivity index (χ1v) is 8.21. The van der Waals surface area contributed by atoms with E-state index in [1.54, 1.807) is 6.07 Å². The van der Waals surface area contributed by atoms with Crippen LogP contribution in [-0.2, 0) is 14.3 Å². The lowest BCUT2D eigenvalue weighted by Gasteiger charge is -2.34. The fourth-order valence-corrected chi connectivity index (χ4v) is 3.43. The number of esters is 1. The first-order chi connectivity index (χ1) is 11.7. The van der Waals surface area contributed by atoms with Crippen LogP contribution in [0.2, 0.25) is 0 Å². The number of rotatable bonds is 5. The van der Waals surface area contributed by atoms with Gasteiger partial charge in [0.05, 0.1) is 13.0 Å². The van der Waals surface area contributed by atoms with Crippen molar-refractivity contribution in [1.29, 1.82) is 0 Å². The summed E-state index contributed by atoms with van der Waals surface area (Å²) in [5.41, 5.74) is 0.389. The number of anilines is 1. The van der Waals surface area contributed by atoms with Crippen molar-refractivity contribution in [2.45, 2.75) is 38.5 Å². The molecule has 25 heavy (non-hydrogen) atoms. The monoisotopic (exact) mass is 357 g/mol. The second-order valence-corrected chi connectivity index (χ2v) is 6.53. The number of amides is 1. The van der Waals surface area contributed by atoms with Gasteiger partial charge in [-0.1, -0.05) is 6.07 Å². The Bertz CT molecular complexity index is 636. The SMILES string of the molecule is COC(=O)C1CC(CCN(C(C)=O)c2cccc(F)c2)CC(F)(F)C1. The fraction of sp³-hybridized carbons (Fsp3) is 0.556.